The van der Waals surface area contributed by atoms with E-state index in [4.69, 9.17) is 5.73 Å². The second kappa shape index (κ2) is 7.41. The van der Waals surface area contributed by atoms with E-state index in [1.54, 1.807) is 30.5 Å². The number of halogens is 1. The third-order valence-electron chi connectivity index (χ3n) is 5.12. The molecule has 1 aromatic carbocycles. The summed E-state index contributed by atoms with van der Waals surface area (Å²) in [4.78, 5) is 25.3. The van der Waals surface area contributed by atoms with Crippen molar-refractivity contribution in [2.75, 3.05) is 5.32 Å². The summed E-state index contributed by atoms with van der Waals surface area (Å²) < 4.78 is 14.5. The summed E-state index contributed by atoms with van der Waals surface area (Å²) in [5.74, 6) is -0.827. The fourth-order valence-electron chi connectivity index (χ4n) is 3.55. The summed E-state index contributed by atoms with van der Waals surface area (Å²) in [5, 5.41) is 2.76. The summed E-state index contributed by atoms with van der Waals surface area (Å²) in [6.45, 7) is 2.20. The van der Waals surface area contributed by atoms with Crippen LogP contribution in [0.15, 0.2) is 47.4 Å². The Morgan fingerprint density at radius 1 is 1.31 bits per heavy atom. The Morgan fingerprint density at radius 2 is 2.04 bits per heavy atom. The van der Waals surface area contributed by atoms with E-state index in [-0.39, 0.29) is 28.9 Å². The highest BCUT2D eigenvalue weighted by Gasteiger charge is 2.37. The first-order valence-corrected chi connectivity index (χ1v) is 8.90. The molecule has 0 saturated heterocycles. The Hall–Kier alpha value is -2.47. The number of pyridine rings is 1. The smallest absolute Gasteiger partial charge is 0.274 e. The highest BCUT2D eigenvalue weighted by molar-refractivity contribution is 5.93. The second-order valence-electron chi connectivity index (χ2n) is 7.27. The van der Waals surface area contributed by atoms with Gasteiger partial charge < -0.3 is 15.6 Å². The molecular weight excluding hydrogens is 333 g/mol. The summed E-state index contributed by atoms with van der Waals surface area (Å²) in [5.41, 5.74) is 6.48. The van der Waals surface area contributed by atoms with Gasteiger partial charge in [-0.15, -0.1) is 0 Å². The van der Waals surface area contributed by atoms with Crippen molar-refractivity contribution in [3.05, 3.63) is 64.3 Å². The average molecular weight is 357 g/mol. The summed E-state index contributed by atoms with van der Waals surface area (Å²) in [7, 11) is 0. The molecule has 138 valence electrons. The molecule has 1 aromatic heterocycles. The van der Waals surface area contributed by atoms with Crippen molar-refractivity contribution in [2.45, 2.75) is 44.7 Å². The van der Waals surface area contributed by atoms with Gasteiger partial charge in [-0.1, -0.05) is 25.0 Å². The number of rotatable bonds is 4. The number of aromatic nitrogens is 1. The maximum Gasteiger partial charge on any atom is 0.274 e. The lowest BCUT2D eigenvalue weighted by Gasteiger charge is -2.37. The third-order valence-corrected chi connectivity index (χ3v) is 5.12. The SMILES string of the molecule is CC1(N)CCCCC1C(=O)Nc1cccn(Cc2ccc(F)cc2)c1=O. The second-order valence-corrected chi connectivity index (χ2v) is 7.27. The number of carbonyl (C=O) groups excluding carboxylic acids is 1. The van der Waals surface area contributed by atoms with Crippen LogP contribution >= 0.6 is 0 Å². The third kappa shape index (κ3) is 4.02. The summed E-state index contributed by atoms with van der Waals surface area (Å²) >= 11 is 0. The van der Waals surface area contributed by atoms with Crippen LogP contribution in [-0.4, -0.2) is 16.0 Å². The van der Waals surface area contributed by atoms with Gasteiger partial charge in [0.1, 0.15) is 11.5 Å². The molecule has 0 radical (unpaired) electrons. The van der Waals surface area contributed by atoms with Gasteiger partial charge in [0, 0.05) is 11.7 Å². The van der Waals surface area contributed by atoms with Crippen LogP contribution in [0.1, 0.15) is 38.2 Å². The Morgan fingerprint density at radius 3 is 2.73 bits per heavy atom. The van der Waals surface area contributed by atoms with Crippen molar-refractivity contribution in [3.8, 4) is 0 Å². The van der Waals surface area contributed by atoms with Crippen molar-refractivity contribution >= 4 is 11.6 Å². The monoisotopic (exact) mass is 357 g/mol. The Kier molecular flexibility index (Phi) is 5.23. The van der Waals surface area contributed by atoms with Crippen LogP contribution in [0.3, 0.4) is 0 Å². The van der Waals surface area contributed by atoms with Crippen LogP contribution < -0.4 is 16.6 Å². The topological polar surface area (TPSA) is 77.1 Å². The zero-order valence-electron chi connectivity index (χ0n) is 14.9. The molecule has 5 nitrogen and oxygen atoms in total. The standard InChI is InChI=1S/C20H24FN3O2/c1-20(22)11-3-2-5-16(20)18(25)23-17-6-4-12-24(19(17)26)13-14-7-9-15(21)10-8-14/h4,6-10,12,16H,2-3,5,11,13,22H2,1H3,(H,23,25). The zero-order valence-corrected chi connectivity index (χ0v) is 14.9. The van der Waals surface area contributed by atoms with Crippen LogP contribution in [-0.2, 0) is 11.3 Å². The lowest BCUT2D eigenvalue weighted by atomic mass is 9.74. The molecule has 1 aliphatic rings. The fourth-order valence-corrected chi connectivity index (χ4v) is 3.55. The number of nitrogens with two attached hydrogens (primary N) is 1. The van der Waals surface area contributed by atoms with Gasteiger partial charge in [-0.05, 0) is 49.6 Å². The van der Waals surface area contributed by atoms with E-state index < -0.39 is 5.54 Å². The van der Waals surface area contributed by atoms with Crippen LogP contribution in [0.2, 0.25) is 0 Å². The molecule has 0 aliphatic heterocycles. The highest BCUT2D eigenvalue weighted by atomic mass is 19.1. The molecule has 0 spiro atoms. The number of hydrogen-bond donors (Lipinski definition) is 2. The molecule has 3 N–H and O–H groups in total. The normalized spacial score (nSPS) is 22.8. The molecule has 6 heteroatoms. The van der Waals surface area contributed by atoms with E-state index in [0.717, 1.165) is 31.2 Å². The summed E-state index contributed by atoms with van der Waals surface area (Å²) in [6, 6.07) is 9.29. The molecule has 26 heavy (non-hydrogen) atoms. The molecular formula is C20H24FN3O2. The van der Waals surface area contributed by atoms with Gasteiger partial charge in [0.05, 0.1) is 12.5 Å². The van der Waals surface area contributed by atoms with Crippen molar-refractivity contribution < 1.29 is 9.18 Å². The zero-order chi connectivity index (χ0) is 18.7. The van der Waals surface area contributed by atoms with Crippen molar-refractivity contribution in [1.29, 1.82) is 0 Å². The Labute approximate surface area is 152 Å². The van der Waals surface area contributed by atoms with Crippen LogP contribution in [0, 0.1) is 11.7 Å². The molecule has 1 saturated carbocycles. The van der Waals surface area contributed by atoms with E-state index in [0.29, 0.717) is 6.54 Å². The van der Waals surface area contributed by atoms with Gasteiger partial charge in [0.15, 0.2) is 0 Å². The van der Waals surface area contributed by atoms with Gasteiger partial charge in [-0.25, -0.2) is 4.39 Å². The van der Waals surface area contributed by atoms with Crippen molar-refractivity contribution in [1.82, 2.24) is 4.57 Å². The average Bonchev–Trinajstić information content (AvgIpc) is 2.60. The predicted molar refractivity (Wildman–Crippen MR) is 99.4 cm³/mol. The number of hydrogen-bond acceptors (Lipinski definition) is 3. The van der Waals surface area contributed by atoms with E-state index in [9.17, 15) is 14.0 Å². The minimum absolute atomic E-state index is 0.202. The van der Waals surface area contributed by atoms with Crippen LogP contribution in [0.5, 0.6) is 0 Å². The first-order chi connectivity index (χ1) is 12.4. The number of benzene rings is 1. The molecule has 2 atom stereocenters. The number of nitrogens with one attached hydrogen (secondary N) is 1. The minimum atomic E-state index is -0.551. The van der Waals surface area contributed by atoms with E-state index in [1.165, 1.54) is 16.7 Å². The number of anilines is 1. The van der Waals surface area contributed by atoms with E-state index in [1.807, 2.05) is 6.92 Å². The maximum absolute atomic E-state index is 13.0. The summed E-state index contributed by atoms with van der Waals surface area (Å²) in [6.07, 6.45) is 5.17. The Bertz CT molecular complexity index is 843. The minimum Gasteiger partial charge on any atom is -0.325 e. The quantitative estimate of drug-likeness (QED) is 0.883. The van der Waals surface area contributed by atoms with Crippen molar-refractivity contribution in [3.63, 3.8) is 0 Å². The fraction of sp³-hybridized carbons (Fsp3) is 0.400. The maximum atomic E-state index is 13.0. The van der Waals surface area contributed by atoms with Gasteiger partial charge in [-0.3, -0.25) is 9.59 Å². The largest absolute Gasteiger partial charge is 0.325 e. The number of nitrogens with zero attached hydrogens (tertiary/aromatic N) is 1. The molecule has 2 aromatic rings. The first kappa shape index (κ1) is 18.3. The Balaban J connectivity index is 1.77. The van der Waals surface area contributed by atoms with Crippen LogP contribution in [0.4, 0.5) is 10.1 Å². The molecule has 2 unspecified atom stereocenters. The van der Waals surface area contributed by atoms with Gasteiger partial charge in [0.2, 0.25) is 5.91 Å². The highest BCUT2D eigenvalue weighted by Crippen LogP contribution is 2.32. The molecule has 3 rings (SSSR count). The number of amides is 1. The van der Waals surface area contributed by atoms with E-state index in [2.05, 4.69) is 5.32 Å². The lowest BCUT2D eigenvalue weighted by Crippen LogP contribution is -2.51. The predicted octanol–water partition coefficient (Wildman–Crippen LogP) is 2.88. The van der Waals surface area contributed by atoms with Crippen molar-refractivity contribution in [2.24, 2.45) is 11.7 Å². The van der Waals surface area contributed by atoms with Gasteiger partial charge >= 0.3 is 0 Å². The molecule has 1 aliphatic carbocycles. The van der Waals surface area contributed by atoms with Gasteiger partial charge in [-0.2, -0.15) is 0 Å². The van der Waals surface area contributed by atoms with Crippen LogP contribution in [0.25, 0.3) is 0 Å². The lowest BCUT2D eigenvalue weighted by molar-refractivity contribution is -0.122. The first-order valence-electron chi connectivity index (χ1n) is 8.90. The molecule has 1 fully saturated rings. The molecule has 1 heterocycles. The van der Waals surface area contributed by atoms with E-state index >= 15 is 0 Å². The van der Waals surface area contributed by atoms with Gasteiger partial charge in [0.25, 0.3) is 5.56 Å². The number of carbonyl (C=O) groups is 1. The molecule has 0 bridgehead atoms. The molecule has 1 amide bonds.